The van der Waals surface area contributed by atoms with Crippen LogP contribution >= 0.6 is 0 Å². The van der Waals surface area contributed by atoms with Crippen molar-refractivity contribution in [1.82, 2.24) is 25.1 Å². The number of rotatable bonds is 5. The maximum Gasteiger partial charge on any atom is 0.168 e. The molecule has 1 atom stereocenters. The van der Waals surface area contributed by atoms with Crippen LogP contribution in [0.2, 0.25) is 0 Å². The van der Waals surface area contributed by atoms with E-state index >= 15 is 0 Å². The summed E-state index contributed by atoms with van der Waals surface area (Å²) in [5.41, 5.74) is 4.17. The fraction of sp³-hybridized carbons (Fsp3) is 0.667. The zero-order valence-corrected chi connectivity index (χ0v) is 16.9. The van der Waals surface area contributed by atoms with E-state index in [1.54, 1.807) is 0 Å². The number of nitrogens with zero attached hydrogens (tertiary/aromatic N) is 6. The lowest BCUT2D eigenvalue weighted by Gasteiger charge is -2.40. The first kappa shape index (κ1) is 18.4. The van der Waals surface area contributed by atoms with E-state index in [1.165, 1.54) is 42.5 Å². The summed E-state index contributed by atoms with van der Waals surface area (Å²) in [5, 5.41) is 12.9. The van der Waals surface area contributed by atoms with Gasteiger partial charge in [-0.15, -0.1) is 5.10 Å². The van der Waals surface area contributed by atoms with E-state index in [4.69, 9.17) is 0 Å². The molecule has 6 heteroatoms. The fourth-order valence-corrected chi connectivity index (χ4v) is 4.79. The summed E-state index contributed by atoms with van der Waals surface area (Å²) in [4.78, 5) is 5.12. The Labute approximate surface area is 162 Å². The van der Waals surface area contributed by atoms with Crippen LogP contribution in [-0.2, 0) is 0 Å². The first-order valence-corrected chi connectivity index (χ1v) is 10.5. The fourth-order valence-electron chi connectivity index (χ4n) is 4.79. The molecular formula is C21H32N6. The average molecular weight is 369 g/mol. The predicted molar refractivity (Wildman–Crippen MR) is 108 cm³/mol. The molecule has 4 rings (SSSR count). The zero-order chi connectivity index (χ0) is 18.8. The van der Waals surface area contributed by atoms with Crippen molar-refractivity contribution in [2.45, 2.75) is 65.0 Å². The second kappa shape index (κ2) is 7.97. The van der Waals surface area contributed by atoms with Gasteiger partial charge < -0.3 is 4.90 Å². The molecule has 2 aromatic rings. The standard InChI is InChI=1S/C21H32N6/c1-4-19(21-22-23-24-27(21)18-9-5-6-10-18)25-12-14-26(15-13-25)20-11-7-8-16(2)17(20)3/h7-8,11,18-19H,4-6,9-10,12-15H2,1-3H3/t19-/m0/s1. The largest absolute Gasteiger partial charge is 0.369 e. The number of tetrazole rings is 1. The number of benzene rings is 1. The molecule has 0 spiro atoms. The molecule has 1 aliphatic heterocycles. The number of aryl methyl sites for hydroxylation is 1. The Morgan fingerprint density at radius 3 is 2.52 bits per heavy atom. The van der Waals surface area contributed by atoms with E-state index in [0.717, 1.165) is 38.4 Å². The minimum atomic E-state index is 0.321. The minimum absolute atomic E-state index is 0.321. The van der Waals surface area contributed by atoms with Gasteiger partial charge in [0.15, 0.2) is 5.82 Å². The van der Waals surface area contributed by atoms with E-state index in [9.17, 15) is 0 Å². The van der Waals surface area contributed by atoms with E-state index in [1.807, 2.05) is 0 Å². The molecule has 0 N–H and O–H groups in total. The Morgan fingerprint density at radius 2 is 1.81 bits per heavy atom. The first-order chi connectivity index (χ1) is 13.2. The summed E-state index contributed by atoms with van der Waals surface area (Å²) < 4.78 is 2.14. The van der Waals surface area contributed by atoms with Gasteiger partial charge in [-0.2, -0.15) is 0 Å². The molecule has 146 valence electrons. The van der Waals surface area contributed by atoms with Crippen molar-refractivity contribution in [3.8, 4) is 0 Å². The van der Waals surface area contributed by atoms with Crippen LogP contribution in [0.1, 0.15) is 68.1 Å². The van der Waals surface area contributed by atoms with Gasteiger partial charge in [0.1, 0.15) is 0 Å². The van der Waals surface area contributed by atoms with Crippen LogP contribution in [0.15, 0.2) is 18.2 Å². The van der Waals surface area contributed by atoms with Crippen LogP contribution < -0.4 is 4.90 Å². The van der Waals surface area contributed by atoms with Crippen molar-refractivity contribution >= 4 is 5.69 Å². The molecule has 1 aliphatic carbocycles. The summed E-state index contributed by atoms with van der Waals surface area (Å²) in [6, 6.07) is 7.46. The van der Waals surface area contributed by atoms with Crippen molar-refractivity contribution < 1.29 is 0 Å². The molecule has 0 amide bonds. The van der Waals surface area contributed by atoms with Gasteiger partial charge in [-0.3, -0.25) is 4.90 Å². The third-order valence-corrected chi connectivity index (χ3v) is 6.55. The number of anilines is 1. The molecule has 0 unspecified atom stereocenters. The molecular weight excluding hydrogens is 336 g/mol. The van der Waals surface area contributed by atoms with Crippen molar-refractivity contribution in [2.24, 2.45) is 0 Å². The summed E-state index contributed by atoms with van der Waals surface area (Å²) in [6.45, 7) is 10.9. The average Bonchev–Trinajstić information content (AvgIpc) is 3.37. The van der Waals surface area contributed by atoms with Crippen LogP contribution in [0.25, 0.3) is 0 Å². The third-order valence-electron chi connectivity index (χ3n) is 6.55. The molecule has 2 aliphatic rings. The number of hydrogen-bond acceptors (Lipinski definition) is 5. The second-order valence-electron chi connectivity index (χ2n) is 8.09. The van der Waals surface area contributed by atoms with Gasteiger partial charge in [-0.1, -0.05) is 31.9 Å². The molecule has 1 saturated carbocycles. The van der Waals surface area contributed by atoms with E-state index in [-0.39, 0.29) is 0 Å². The van der Waals surface area contributed by atoms with Crippen molar-refractivity contribution in [3.63, 3.8) is 0 Å². The maximum absolute atomic E-state index is 4.46. The highest BCUT2D eigenvalue weighted by atomic mass is 15.6. The summed E-state index contributed by atoms with van der Waals surface area (Å²) in [6.07, 6.45) is 6.09. The topological polar surface area (TPSA) is 50.1 Å². The minimum Gasteiger partial charge on any atom is -0.369 e. The van der Waals surface area contributed by atoms with Crippen molar-refractivity contribution in [3.05, 3.63) is 35.2 Å². The monoisotopic (exact) mass is 368 g/mol. The van der Waals surface area contributed by atoms with E-state index in [2.05, 4.69) is 69.0 Å². The van der Waals surface area contributed by atoms with Crippen LogP contribution in [-0.4, -0.2) is 51.3 Å². The van der Waals surface area contributed by atoms with Gasteiger partial charge in [0.05, 0.1) is 12.1 Å². The highest BCUT2D eigenvalue weighted by Gasteiger charge is 2.31. The molecule has 1 aromatic carbocycles. The molecule has 6 nitrogen and oxygen atoms in total. The Hall–Kier alpha value is -1.95. The highest BCUT2D eigenvalue weighted by molar-refractivity contribution is 5.56. The zero-order valence-electron chi connectivity index (χ0n) is 16.9. The third kappa shape index (κ3) is 3.59. The van der Waals surface area contributed by atoms with Gasteiger partial charge in [-0.25, -0.2) is 4.68 Å². The van der Waals surface area contributed by atoms with Crippen LogP contribution in [0.4, 0.5) is 5.69 Å². The molecule has 1 saturated heterocycles. The van der Waals surface area contributed by atoms with Crippen molar-refractivity contribution in [1.29, 1.82) is 0 Å². The molecule has 2 fully saturated rings. The van der Waals surface area contributed by atoms with E-state index in [0.29, 0.717) is 12.1 Å². The Balaban J connectivity index is 1.47. The van der Waals surface area contributed by atoms with Gasteiger partial charge in [0.2, 0.25) is 0 Å². The number of piperazine rings is 1. The smallest absolute Gasteiger partial charge is 0.168 e. The summed E-state index contributed by atoms with van der Waals surface area (Å²) in [5.74, 6) is 1.07. The Morgan fingerprint density at radius 1 is 1.07 bits per heavy atom. The summed E-state index contributed by atoms with van der Waals surface area (Å²) in [7, 11) is 0. The molecule has 27 heavy (non-hydrogen) atoms. The van der Waals surface area contributed by atoms with Crippen LogP contribution in [0, 0.1) is 13.8 Å². The van der Waals surface area contributed by atoms with Gasteiger partial charge in [-0.05, 0) is 60.7 Å². The lowest BCUT2D eigenvalue weighted by Crippen LogP contribution is -2.48. The SMILES string of the molecule is CC[C@@H](c1nnnn1C1CCCC1)N1CCN(c2cccc(C)c2C)CC1. The van der Waals surface area contributed by atoms with Gasteiger partial charge in [0, 0.05) is 31.9 Å². The number of hydrogen-bond donors (Lipinski definition) is 0. The predicted octanol–water partition coefficient (Wildman–Crippen LogP) is 3.68. The second-order valence-corrected chi connectivity index (χ2v) is 8.09. The lowest BCUT2D eigenvalue weighted by molar-refractivity contribution is 0.166. The van der Waals surface area contributed by atoms with Crippen LogP contribution in [0.5, 0.6) is 0 Å². The maximum atomic E-state index is 4.46. The van der Waals surface area contributed by atoms with Crippen LogP contribution in [0.3, 0.4) is 0 Å². The molecule has 2 heterocycles. The van der Waals surface area contributed by atoms with Crippen molar-refractivity contribution in [2.75, 3.05) is 31.1 Å². The lowest BCUT2D eigenvalue weighted by atomic mass is 10.1. The highest BCUT2D eigenvalue weighted by Crippen LogP contribution is 2.33. The summed E-state index contributed by atoms with van der Waals surface area (Å²) >= 11 is 0. The molecule has 0 bridgehead atoms. The van der Waals surface area contributed by atoms with Gasteiger partial charge >= 0.3 is 0 Å². The number of aromatic nitrogens is 4. The van der Waals surface area contributed by atoms with Gasteiger partial charge in [0.25, 0.3) is 0 Å². The quantitative estimate of drug-likeness (QED) is 0.806. The molecule has 0 radical (unpaired) electrons. The Kier molecular flexibility index (Phi) is 5.43. The normalized spacial score (nSPS) is 20.3. The molecule has 1 aromatic heterocycles. The first-order valence-electron chi connectivity index (χ1n) is 10.5. The Bertz CT molecular complexity index is 756. The van der Waals surface area contributed by atoms with E-state index < -0.39 is 0 Å².